The van der Waals surface area contributed by atoms with E-state index in [1.165, 1.54) is 11.0 Å². The number of carbonyl (C=O) groups excluding carboxylic acids is 1. The number of nitrogens with zero attached hydrogens (tertiary/aromatic N) is 4. The fourth-order valence-corrected chi connectivity index (χ4v) is 3.63. The molecule has 3 aromatic rings. The van der Waals surface area contributed by atoms with Crippen molar-refractivity contribution >= 4 is 17.3 Å². The average molecular weight is 498 g/mol. The number of hydrogen-bond acceptors (Lipinski definition) is 9. The monoisotopic (exact) mass is 497 g/mol. The number of nitrogen functional groups attached to an aromatic ring is 1. The Morgan fingerprint density at radius 2 is 1.84 bits per heavy atom. The van der Waals surface area contributed by atoms with E-state index < -0.39 is 6.35 Å². The number of carbonyl (C=O) groups is 1. The van der Waals surface area contributed by atoms with Crippen molar-refractivity contribution in [1.82, 2.24) is 9.91 Å². The molecule has 1 unspecified atom stereocenters. The van der Waals surface area contributed by atoms with E-state index in [4.69, 9.17) is 26.8 Å². The van der Waals surface area contributed by atoms with Gasteiger partial charge in [-0.25, -0.2) is 15.8 Å². The summed E-state index contributed by atoms with van der Waals surface area (Å²) in [4.78, 5) is 18.5. The zero-order chi connectivity index (χ0) is 26.5. The fourth-order valence-electron chi connectivity index (χ4n) is 3.63. The lowest BCUT2D eigenvalue weighted by Gasteiger charge is -2.33. The van der Waals surface area contributed by atoms with Gasteiger partial charge in [-0.2, -0.15) is 5.26 Å². The number of ether oxygens (including phenoxy) is 2. The summed E-state index contributed by atoms with van der Waals surface area (Å²) in [6.45, 7) is 0. The number of benzene rings is 3. The predicted molar refractivity (Wildman–Crippen MR) is 140 cm³/mol. The van der Waals surface area contributed by atoms with E-state index in [1.807, 2.05) is 30.3 Å². The second-order valence-electron chi connectivity index (χ2n) is 8.50. The minimum atomic E-state index is -1.09. The molecule has 1 atom stereocenters. The minimum absolute atomic E-state index is 0.0930. The second-order valence-corrected chi connectivity index (χ2v) is 8.50. The smallest absolute Gasteiger partial charge is 0.286 e. The molecule has 10 heteroatoms. The molecule has 1 heterocycles. The van der Waals surface area contributed by atoms with Crippen LogP contribution < -0.4 is 26.8 Å². The second kappa shape index (κ2) is 10.7. The van der Waals surface area contributed by atoms with Crippen LogP contribution in [0.25, 0.3) is 0 Å². The molecule has 0 fully saturated rings. The molecule has 0 saturated heterocycles. The molecule has 3 aromatic carbocycles. The van der Waals surface area contributed by atoms with E-state index in [-0.39, 0.29) is 23.2 Å². The van der Waals surface area contributed by atoms with Crippen molar-refractivity contribution < 1.29 is 14.3 Å². The highest BCUT2D eigenvalue weighted by Gasteiger charge is 2.31. The van der Waals surface area contributed by atoms with Gasteiger partial charge in [-0.05, 0) is 35.9 Å². The first-order chi connectivity index (χ1) is 17.8. The summed E-state index contributed by atoms with van der Waals surface area (Å²) < 4.78 is 12.1. The van der Waals surface area contributed by atoms with Crippen LogP contribution in [-0.4, -0.2) is 42.0 Å². The summed E-state index contributed by atoms with van der Waals surface area (Å²) in [7, 11) is 3.33. The third-order valence-electron chi connectivity index (χ3n) is 5.57. The van der Waals surface area contributed by atoms with Gasteiger partial charge in [0.15, 0.2) is 0 Å². The van der Waals surface area contributed by atoms with Crippen molar-refractivity contribution in [3.8, 4) is 17.6 Å². The van der Waals surface area contributed by atoms with Gasteiger partial charge in [0.25, 0.3) is 12.3 Å². The molecule has 0 saturated carbocycles. The van der Waals surface area contributed by atoms with Crippen molar-refractivity contribution in [3.05, 3.63) is 101 Å². The molecule has 1 aliphatic heterocycles. The van der Waals surface area contributed by atoms with Gasteiger partial charge in [-0.1, -0.05) is 36.4 Å². The lowest BCUT2D eigenvalue weighted by Crippen LogP contribution is -2.49. The summed E-state index contributed by atoms with van der Waals surface area (Å²) in [6.07, 6.45) is -0.705. The van der Waals surface area contributed by atoms with Gasteiger partial charge < -0.3 is 25.8 Å². The third-order valence-corrected chi connectivity index (χ3v) is 5.57. The van der Waals surface area contributed by atoms with Crippen LogP contribution >= 0.6 is 0 Å². The molecule has 37 heavy (non-hydrogen) atoms. The Kier molecular flexibility index (Phi) is 7.27. The van der Waals surface area contributed by atoms with E-state index in [0.717, 1.165) is 10.6 Å². The Bertz CT molecular complexity index is 1410. The van der Waals surface area contributed by atoms with Crippen LogP contribution in [0.2, 0.25) is 0 Å². The minimum Gasteiger partial charge on any atom is -0.447 e. The molecule has 188 valence electrons. The van der Waals surface area contributed by atoms with Crippen molar-refractivity contribution in [1.29, 1.82) is 5.26 Å². The molecule has 1 aliphatic rings. The Morgan fingerprint density at radius 1 is 1.08 bits per heavy atom. The van der Waals surface area contributed by atoms with Gasteiger partial charge in [-0.3, -0.25) is 4.79 Å². The Balaban J connectivity index is 1.71. The molecule has 1 amide bonds. The molecule has 0 aromatic heterocycles. The number of rotatable bonds is 7. The van der Waals surface area contributed by atoms with Gasteiger partial charge in [-0.15, -0.1) is 0 Å². The van der Waals surface area contributed by atoms with E-state index >= 15 is 0 Å². The van der Waals surface area contributed by atoms with Crippen molar-refractivity contribution in [2.45, 2.75) is 12.8 Å². The maximum absolute atomic E-state index is 12.4. The highest BCUT2D eigenvalue weighted by molar-refractivity contribution is 6.01. The zero-order valence-corrected chi connectivity index (χ0v) is 20.5. The average Bonchev–Trinajstić information content (AvgIpc) is 2.90. The van der Waals surface area contributed by atoms with Gasteiger partial charge in [0.1, 0.15) is 17.2 Å². The Hall–Kier alpha value is -5.01. The quantitative estimate of drug-likeness (QED) is 0.332. The summed E-state index contributed by atoms with van der Waals surface area (Å²) in [6, 6.07) is 23.0. The number of hydrazine groups is 1. The summed E-state index contributed by atoms with van der Waals surface area (Å²) >= 11 is 0. The van der Waals surface area contributed by atoms with Crippen LogP contribution in [0.1, 0.15) is 21.5 Å². The van der Waals surface area contributed by atoms with Crippen LogP contribution in [0.5, 0.6) is 11.5 Å². The van der Waals surface area contributed by atoms with E-state index in [0.29, 0.717) is 34.7 Å². The molecule has 0 aliphatic carbocycles. The zero-order valence-electron chi connectivity index (χ0n) is 20.5. The summed E-state index contributed by atoms with van der Waals surface area (Å²) in [5, 5.41) is 10.4. The Labute approximate surface area is 214 Å². The summed E-state index contributed by atoms with van der Waals surface area (Å²) in [5.74, 6) is 6.89. The largest absolute Gasteiger partial charge is 0.447 e. The van der Waals surface area contributed by atoms with Crippen LogP contribution in [0.15, 0.2) is 89.4 Å². The van der Waals surface area contributed by atoms with Gasteiger partial charge in [0.05, 0.1) is 23.0 Å². The van der Waals surface area contributed by atoms with Crippen molar-refractivity contribution in [3.63, 3.8) is 0 Å². The number of allylic oxidation sites excluding steroid dienone is 1. The topological polar surface area (TPSA) is 156 Å². The van der Waals surface area contributed by atoms with Crippen LogP contribution in [0.4, 0.5) is 5.69 Å². The first kappa shape index (κ1) is 25.1. The van der Waals surface area contributed by atoms with Gasteiger partial charge in [0.2, 0.25) is 5.88 Å². The lowest BCUT2D eigenvalue weighted by atomic mass is 10.1. The van der Waals surface area contributed by atoms with Crippen molar-refractivity contribution in [2.24, 2.45) is 16.6 Å². The molecular formula is C27H27N7O3. The number of aliphatic imine (C=N–C) groups is 1. The normalized spacial score (nSPS) is 15.0. The van der Waals surface area contributed by atoms with Crippen LogP contribution in [0.3, 0.4) is 0 Å². The molecular weight excluding hydrogens is 470 g/mol. The van der Waals surface area contributed by atoms with Gasteiger partial charge >= 0.3 is 0 Å². The first-order valence-corrected chi connectivity index (χ1v) is 11.4. The number of anilines is 1. The predicted octanol–water partition coefficient (Wildman–Crippen LogP) is 2.58. The van der Waals surface area contributed by atoms with Gasteiger partial charge in [0, 0.05) is 32.1 Å². The molecule has 4 rings (SSSR count). The summed E-state index contributed by atoms with van der Waals surface area (Å²) in [5.41, 5.74) is 15.4. The maximum Gasteiger partial charge on any atom is 0.286 e. The SMILES string of the molecule is CN(C)C(=O)c1cccc(OC2=C(N)C(Cc3ccccc3)=NC(Oc3cc(C#N)ccc3N)N2N)c1. The fraction of sp³-hybridized carbons (Fsp3) is 0.148. The molecule has 6 N–H and O–H groups in total. The standard InChI is InChI=1S/C27H27N7O3/c1-33(2)25(35)19-9-6-10-20(15-19)36-26-24(30)22(13-17-7-4-3-5-8-17)32-27(34(26)31)37-23-14-18(16-28)11-12-21(23)29/h3-12,14-15,27H,13,29-31H2,1-2H3. The van der Waals surface area contributed by atoms with Crippen molar-refractivity contribution in [2.75, 3.05) is 19.8 Å². The highest BCUT2D eigenvalue weighted by atomic mass is 16.5. The highest BCUT2D eigenvalue weighted by Crippen LogP contribution is 2.29. The first-order valence-electron chi connectivity index (χ1n) is 11.4. The Morgan fingerprint density at radius 3 is 2.54 bits per heavy atom. The van der Waals surface area contributed by atoms with Crippen LogP contribution in [-0.2, 0) is 6.42 Å². The maximum atomic E-state index is 12.4. The number of nitriles is 1. The van der Waals surface area contributed by atoms with E-state index in [2.05, 4.69) is 11.1 Å². The molecule has 0 radical (unpaired) electrons. The molecule has 10 nitrogen and oxygen atoms in total. The third kappa shape index (κ3) is 5.63. The van der Waals surface area contributed by atoms with Crippen LogP contribution in [0, 0.1) is 11.3 Å². The van der Waals surface area contributed by atoms with E-state index in [1.54, 1.807) is 50.5 Å². The number of nitrogens with two attached hydrogens (primary N) is 3. The lowest BCUT2D eigenvalue weighted by molar-refractivity contribution is 0.0231. The molecule has 0 spiro atoms. The molecule has 0 bridgehead atoms. The number of hydrogen-bond donors (Lipinski definition) is 3. The number of amides is 1. The van der Waals surface area contributed by atoms with E-state index in [9.17, 15) is 10.1 Å².